The van der Waals surface area contributed by atoms with Gasteiger partial charge in [0.25, 0.3) is 0 Å². The fraction of sp³-hybridized carbons (Fsp3) is 0.577. The first kappa shape index (κ1) is 23.5. The van der Waals surface area contributed by atoms with E-state index in [0.717, 1.165) is 62.2 Å². The minimum atomic E-state index is -0.349. The number of fused-ring (bicyclic) bond motifs is 1. The number of likely N-dealkylation sites (tertiary alicyclic amines) is 1. The summed E-state index contributed by atoms with van der Waals surface area (Å²) in [4.78, 5) is 21.6. The third-order valence-corrected chi connectivity index (χ3v) is 6.60. The van der Waals surface area contributed by atoms with E-state index in [2.05, 4.69) is 33.1 Å². The maximum absolute atomic E-state index is 12.3. The Morgan fingerprint density at radius 3 is 2.70 bits per heavy atom. The van der Waals surface area contributed by atoms with Crippen LogP contribution < -0.4 is 10.2 Å². The van der Waals surface area contributed by atoms with Gasteiger partial charge in [-0.05, 0) is 44.0 Å². The molecule has 2 aliphatic rings. The van der Waals surface area contributed by atoms with Crippen molar-refractivity contribution < 1.29 is 9.53 Å². The van der Waals surface area contributed by atoms with Crippen molar-refractivity contribution in [3.63, 3.8) is 0 Å². The Bertz CT molecular complexity index is 1030. The molecule has 2 aromatic rings. The van der Waals surface area contributed by atoms with Gasteiger partial charge in [0.2, 0.25) is 5.91 Å². The van der Waals surface area contributed by atoms with E-state index in [0.29, 0.717) is 5.56 Å². The maximum Gasteiger partial charge on any atom is 0.225 e. The first-order chi connectivity index (χ1) is 15.7. The van der Waals surface area contributed by atoms with Gasteiger partial charge < -0.3 is 19.9 Å². The predicted octanol–water partition coefficient (Wildman–Crippen LogP) is 3.33. The molecular formula is C26H35N5O2. The van der Waals surface area contributed by atoms with Crippen LogP contribution in [-0.2, 0) is 9.53 Å². The number of aromatic nitrogens is 1. The Hall–Kier alpha value is -2.69. The van der Waals surface area contributed by atoms with Gasteiger partial charge in [-0.25, -0.2) is 0 Å². The lowest BCUT2D eigenvalue weighted by atomic mass is 9.94. The molecule has 1 aromatic heterocycles. The predicted molar refractivity (Wildman–Crippen MR) is 130 cm³/mol. The molecule has 0 saturated carbocycles. The van der Waals surface area contributed by atoms with Crippen molar-refractivity contribution in [3.8, 4) is 6.07 Å². The van der Waals surface area contributed by atoms with E-state index in [9.17, 15) is 10.1 Å². The molecule has 0 spiro atoms. The highest BCUT2D eigenvalue weighted by Crippen LogP contribution is 2.30. The first-order valence-corrected chi connectivity index (χ1v) is 12.0. The van der Waals surface area contributed by atoms with Crippen LogP contribution in [0, 0.1) is 16.7 Å². The highest BCUT2D eigenvalue weighted by atomic mass is 16.5. The summed E-state index contributed by atoms with van der Waals surface area (Å²) in [5.41, 5.74) is 2.12. The van der Waals surface area contributed by atoms with Gasteiger partial charge in [0.15, 0.2) is 0 Å². The average molecular weight is 450 g/mol. The zero-order valence-corrected chi connectivity index (χ0v) is 20.2. The number of nitriles is 1. The second kappa shape index (κ2) is 9.66. The van der Waals surface area contributed by atoms with E-state index >= 15 is 0 Å². The molecule has 33 heavy (non-hydrogen) atoms. The van der Waals surface area contributed by atoms with Crippen molar-refractivity contribution in [2.45, 2.75) is 58.8 Å². The summed E-state index contributed by atoms with van der Waals surface area (Å²) in [6, 6.07) is 10.4. The van der Waals surface area contributed by atoms with Crippen LogP contribution >= 0.6 is 0 Å². The third kappa shape index (κ3) is 5.45. The molecular weight excluding hydrogens is 414 g/mol. The van der Waals surface area contributed by atoms with Crippen molar-refractivity contribution >= 4 is 22.5 Å². The molecule has 1 aromatic carbocycles. The van der Waals surface area contributed by atoms with Crippen LogP contribution in [0.5, 0.6) is 0 Å². The Morgan fingerprint density at radius 2 is 2.00 bits per heavy atom. The molecule has 0 unspecified atom stereocenters. The zero-order valence-electron chi connectivity index (χ0n) is 20.2. The Morgan fingerprint density at radius 1 is 1.24 bits per heavy atom. The molecule has 2 aliphatic heterocycles. The van der Waals surface area contributed by atoms with E-state index in [1.165, 1.54) is 0 Å². The van der Waals surface area contributed by atoms with Gasteiger partial charge in [-0.1, -0.05) is 20.8 Å². The molecule has 4 rings (SSSR count). The van der Waals surface area contributed by atoms with Gasteiger partial charge in [-0.2, -0.15) is 5.26 Å². The Labute approximate surface area is 196 Å². The molecule has 176 valence electrons. The van der Waals surface area contributed by atoms with Crippen LogP contribution in [-0.4, -0.2) is 66.8 Å². The minimum Gasteiger partial charge on any atom is -0.370 e. The monoisotopic (exact) mass is 449 g/mol. The topological polar surface area (TPSA) is 81.5 Å². The molecule has 0 aliphatic carbocycles. The van der Waals surface area contributed by atoms with E-state index in [-0.39, 0.29) is 29.6 Å². The third-order valence-electron chi connectivity index (χ3n) is 6.60. The van der Waals surface area contributed by atoms with Gasteiger partial charge in [0.1, 0.15) is 6.07 Å². The number of anilines is 1. The summed E-state index contributed by atoms with van der Waals surface area (Å²) in [6.07, 6.45) is 3.91. The normalized spacial score (nSPS) is 22.8. The largest absolute Gasteiger partial charge is 0.370 e. The molecule has 2 fully saturated rings. The summed E-state index contributed by atoms with van der Waals surface area (Å²) in [5.74, 6) is 0.130. The van der Waals surface area contributed by atoms with Crippen LogP contribution in [0.1, 0.15) is 46.1 Å². The molecule has 7 nitrogen and oxygen atoms in total. The quantitative estimate of drug-likeness (QED) is 0.771. The number of benzene rings is 1. The average Bonchev–Trinajstić information content (AvgIpc) is 2.78. The summed E-state index contributed by atoms with van der Waals surface area (Å²) >= 11 is 0. The van der Waals surface area contributed by atoms with E-state index in [1.807, 2.05) is 45.0 Å². The lowest BCUT2D eigenvalue weighted by Crippen LogP contribution is -2.53. The molecule has 2 atom stereocenters. The van der Waals surface area contributed by atoms with Crippen LogP contribution in [0.3, 0.4) is 0 Å². The molecule has 3 heterocycles. The number of nitrogens with zero attached hydrogens (tertiary/aromatic N) is 4. The number of morpholine rings is 1. The number of piperidine rings is 1. The molecule has 0 bridgehead atoms. The lowest BCUT2D eigenvalue weighted by Gasteiger charge is -2.41. The van der Waals surface area contributed by atoms with Crippen molar-refractivity contribution in [1.29, 1.82) is 5.26 Å². The van der Waals surface area contributed by atoms with Gasteiger partial charge in [0.05, 0.1) is 23.3 Å². The highest BCUT2D eigenvalue weighted by molar-refractivity contribution is 5.95. The molecule has 2 saturated heterocycles. The van der Waals surface area contributed by atoms with Crippen LogP contribution in [0.15, 0.2) is 30.5 Å². The SMILES string of the molecule is C[C@@H]1CN(c2ccc(C#N)c3ncccc23)C[C@H](CN2CCC(NC(=O)C(C)(C)C)CC2)O1. The molecule has 0 radical (unpaired) electrons. The van der Waals surface area contributed by atoms with Crippen LogP contribution in [0.4, 0.5) is 5.69 Å². The fourth-order valence-electron chi connectivity index (χ4n) is 4.82. The van der Waals surface area contributed by atoms with Crippen molar-refractivity contribution in [3.05, 3.63) is 36.0 Å². The van der Waals surface area contributed by atoms with Crippen LogP contribution in [0.2, 0.25) is 0 Å². The minimum absolute atomic E-state index is 0.108. The maximum atomic E-state index is 12.3. The van der Waals surface area contributed by atoms with Gasteiger partial charge in [-0.15, -0.1) is 0 Å². The molecule has 1 amide bonds. The Balaban J connectivity index is 1.39. The number of carbonyl (C=O) groups excluding carboxylic acids is 1. The highest BCUT2D eigenvalue weighted by Gasteiger charge is 2.31. The van der Waals surface area contributed by atoms with Crippen molar-refractivity contribution in [1.82, 2.24) is 15.2 Å². The summed E-state index contributed by atoms with van der Waals surface area (Å²) in [6.45, 7) is 12.4. The molecule has 7 heteroatoms. The van der Waals surface area contributed by atoms with E-state index < -0.39 is 0 Å². The van der Waals surface area contributed by atoms with Crippen LogP contribution in [0.25, 0.3) is 10.9 Å². The van der Waals surface area contributed by atoms with Crippen molar-refractivity contribution in [2.24, 2.45) is 5.41 Å². The number of hydrogen-bond acceptors (Lipinski definition) is 6. The van der Waals surface area contributed by atoms with Gasteiger partial charge in [-0.3, -0.25) is 9.78 Å². The Kier molecular flexibility index (Phi) is 6.87. The number of carbonyl (C=O) groups is 1. The standard InChI is InChI=1S/C26H35N5O2/c1-18-15-31(23-8-7-19(14-27)24-22(23)6-5-11-28-24)17-21(33-18)16-30-12-9-20(10-13-30)29-25(32)26(2,3)4/h5-8,11,18,20-21H,9-10,12-13,15-17H2,1-4H3,(H,29,32)/t18-,21+/m1/s1. The summed E-state index contributed by atoms with van der Waals surface area (Å²) < 4.78 is 6.31. The number of pyridine rings is 1. The van der Waals surface area contributed by atoms with Crippen molar-refractivity contribution in [2.75, 3.05) is 37.6 Å². The summed E-state index contributed by atoms with van der Waals surface area (Å²) in [7, 11) is 0. The van der Waals surface area contributed by atoms with E-state index in [4.69, 9.17) is 4.74 Å². The lowest BCUT2D eigenvalue weighted by molar-refractivity contribution is -0.129. The second-order valence-corrected chi connectivity index (χ2v) is 10.4. The zero-order chi connectivity index (χ0) is 23.6. The summed E-state index contributed by atoms with van der Waals surface area (Å²) in [5, 5.41) is 13.7. The number of nitrogens with one attached hydrogen (secondary N) is 1. The number of ether oxygens (including phenoxy) is 1. The van der Waals surface area contributed by atoms with Gasteiger partial charge >= 0.3 is 0 Å². The van der Waals surface area contributed by atoms with E-state index in [1.54, 1.807) is 6.20 Å². The smallest absolute Gasteiger partial charge is 0.225 e. The number of amides is 1. The molecule has 1 N–H and O–H groups in total. The van der Waals surface area contributed by atoms with Gasteiger partial charge in [0, 0.05) is 61.5 Å². The number of hydrogen-bond donors (Lipinski definition) is 1. The first-order valence-electron chi connectivity index (χ1n) is 12.0. The number of rotatable bonds is 4. The second-order valence-electron chi connectivity index (χ2n) is 10.4. The fourth-order valence-corrected chi connectivity index (χ4v) is 4.82.